The molecule has 2 heterocycles. The van der Waals surface area contributed by atoms with E-state index in [2.05, 4.69) is 4.90 Å². The molecule has 124 valence electrons. The van der Waals surface area contributed by atoms with Gasteiger partial charge in [-0.05, 0) is 25.6 Å². The summed E-state index contributed by atoms with van der Waals surface area (Å²) < 4.78 is 10.4. The Bertz CT molecular complexity index is 445. The number of hydrogen-bond acceptors (Lipinski definition) is 7. The maximum absolute atomic E-state index is 11.9. The molecule has 0 bridgehead atoms. The topological polar surface area (TPSA) is 76.1 Å². The molecule has 1 saturated heterocycles. The molecular formula is C15H23NO5S. The lowest BCUT2D eigenvalue weighted by Gasteiger charge is -2.26. The second kappa shape index (κ2) is 8.55. The van der Waals surface area contributed by atoms with Gasteiger partial charge in [-0.15, -0.1) is 0 Å². The molecule has 0 radical (unpaired) electrons. The van der Waals surface area contributed by atoms with Crippen molar-refractivity contribution in [3.8, 4) is 0 Å². The van der Waals surface area contributed by atoms with Crippen LogP contribution in [-0.2, 0) is 19.1 Å². The van der Waals surface area contributed by atoms with E-state index < -0.39 is 12.1 Å². The molecule has 6 nitrogen and oxygen atoms in total. The van der Waals surface area contributed by atoms with Gasteiger partial charge < -0.3 is 14.6 Å². The van der Waals surface area contributed by atoms with Crippen LogP contribution in [0, 0.1) is 0 Å². The first-order valence-electron chi connectivity index (χ1n) is 7.60. The second-order valence-corrected chi connectivity index (χ2v) is 6.40. The summed E-state index contributed by atoms with van der Waals surface area (Å²) in [6.07, 6.45) is 2.81. The van der Waals surface area contributed by atoms with Gasteiger partial charge in [0.05, 0.1) is 13.2 Å². The highest BCUT2D eigenvalue weighted by Gasteiger charge is 2.37. The summed E-state index contributed by atoms with van der Waals surface area (Å²) in [5.41, 5.74) is -0.148. The van der Waals surface area contributed by atoms with E-state index in [1.165, 1.54) is 11.8 Å². The van der Waals surface area contributed by atoms with Crippen molar-refractivity contribution < 1.29 is 24.2 Å². The number of nitrogens with zero attached hydrogens (tertiary/aromatic N) is 1. The summed E-state index contributed by atoms with van der Waals surface area (Å²) in [6.45, 7) is 4.19. The molecule has 0 aromatic carbocycles. The van der Waals surface area contributed by atoms with E-state index in [9.17, 15) is 14.7 Å². The monoisotopic (exact) mass is 329 g/mol. The zero-order chi connectivity index (χ0) is 15.9. The Labute approximate surface area is 134 Å². The number of carbonyl (C=O) groups is 2. The van der Waals surface area contributed by atoms with Crippen molar-refractivity contribution in [3.63, 3.8) is 0 Å². The Morgan fingerprint density at radius 3 is 2.82 bits per heavy atom. The highest BCUT2D eigenvalue weighted by atomic mass is 32.2. The number of aliphatic hydroxyl groups is 1. The van der Waals surface area contributed by atoms with Gasteiger partial charge in [-0.2, -0.15) is 11.8 Å². The number of hydrogen-bond donors (Lipinski definition) is 1. The van der Waals surface area contributed by atoms with E-state index in [4.69, 9.17) is 9.47 Å². The van der Waals surface area contributed by atoms with Crippen LogP contribution in [0.25, 0.3) is 0 Å². The van der Waals surface area contributed by atoms with Gasteiger partial charge in [-0.3, -0.25) is 9.69 Å². The van der Waals surface area contributed by atoms with Crippen LogP contribution in [-0.4, -0.2) is 72.7 Å². The van der Waals surface area contributed by atoms with Crippen molar-refractivity contribution >= 4 is 23.5 Å². The first kappa shape index (κ1) is 17.3. The lowest BCUT2D eigenvalue weighted by molar-refractivity contribution is -0.141. The van der Waals surface area contributed by atoms with Gasteiger partial charge >= 0.3 is 5.97 Å². The fourth-order valence-corrected chi connectivity index (χ4v) is 3.00. The second-order valence-electron chi connectivity index (χ2n) is 5.42. The molecule has 0 aliphatic carbocycles. The molecule has 1 fully saturated rings. The minimum absolute atomic E-state index is 0.148. The van der Waals surface area contributed by atoms with Crippen LogP contribution < -0.4 is 0 Å². The number of cyclic esters (lactones) is 1. The van der Waals surface area contributed by atoms with E-state index in [1.807, 2.05) is 6.26 Å². The SMILES string of the molecule is CSCCC(=O)C1=C(O)C(CCCN2CCOCC2)OC1=O. The van der Waals surface area contributed by atoms with Crippen LogP contribution in [0.4, 0.5) is 0 Å². The van der Waals surface area contributed by atoms with E-state index in [0.29, 0.717) is 12.2 Å². The maximum atomic E-state index is 11.9. The maximum Gasteiger partial charge on any atom is 0.346 e. The lowest BCUT2D eigenvalue weighted by Crippen LogP contribution is -2.37. The summed E-state index contributed by atoms with van der Waals surface area (Å²) >= 11 is 1.53. The zero-order valence-electron chi connectivity index (χ0n) is 12.9. The van der Waals surface area contributed by atoms with E-state index >= 15 is 0 Å². The smallest absolute Gasteiger partial charge is 0.346 e. The number of morpholine rings is 1. The molecule has 2 aliphatic heterocycles. The first-order valence-corrected chi connectivity index (χ1v) is 8.99. The van der Waals surface area contributed by atoms with Gasteiger partial charge in [0.25, 0.3) is 0 Å². The van der Waals surface area contributed by atoms with E-state index in [-0.39, 0.29) is 23.5 Å². The van der Waals surface area contributed by atoms with Gasteiger partial charge in [0.15, 0.2) is 17.6 Å². The molecule has 2 rings (SSSR count). The highest BCUT2D eigenvalue weighted by Crippen LogP contribution is 2.26. The molecule has 0 aromatic rings. The number of ketones is 1. The number of Topliss-reactive ketones (excluding diaryl/α,β-unsaturated/α-hetero) is 1. The average molecular weight is 329 g/mol. The quantitative estimate of drug-likeness (QED) is 0.529. The Morgan fingerprint density at radius 2 is 2.14 bits per heavy atom. The van der Waals surface area contributed by atoms with Crippen LogP contribution >= 0.6 is 11.8 Å². The Hall–Kier alpha value is -1.05. The summed E-state index contributed by atoms with van der Waals surface area (Å²) in [7, 11) is 0. The number of aliphatic hydroxyl groups excluding tert-OH is 1. The largest absolute Gasteiger partial charge is 0.507 e. The van der Waals surface area contributed by atoms with Crippen molar-refractivity contribution in [1.29, 1.82) is 0 Å². The molecule has 0 saturated carbocycles. The zero-order valence-corrected chi connectivity index (χ0v) is 13.7. The van der Waals surface area contributed by atoms with Crippen molar-refractivity contribution in [2.75, 3.05) is 44.9 Å². The molecule has 0 amide bonds. The normalized spacial score (nSPS) is 23.0. The van der Waals surface area contributed by atoms with Gasteiger partial charge in [-0.25, -0.2) is 4.79 Å². The van der Waals surface area contributed by atoms with Crippen LogP contribution in [0.2, 0.25) is 0 Å². The number of thioether (sulfide) groups is 1. The van der Waals surface area contributed by atoms with Gasteiger partial charge in [0, 0.05) is 25.3 Å². The van der Waals surface area contributed by atoms with Crippen molar-refractivity contribution in [2.45, 2.75) is 25.4 Å². The molecule has 7 heteroatoms. The average Bonchev–Trinajstić information content (AvgIpc) is 2.80. The Balaban J connectivity index is 1.82. The molecule has 1 atom stereocenters. The number of ether oxygens (including phenoxy) is 2. The van der Waals surface area contributed by atoms with Gasteiger partial charge in [0.1, 0.15) is 5.57 Å². The van der Waals surface area contributed by atoms with Crippen LogP contribution in [0.3, 0.4) is 0 Å². The lowest BCUT2D eigenvalue weighted by atomic mass is 10.1. The molecule has 1 N–H and O–H groups in total. The Morgan fingerprint density at radius 1 is 1.41 bits per heavy atom. The molecule has 1 unspecified atom stereocenters. The van der Waals surface area contributed by atoms with Crippen molar-refractivity contribution in [2.24, 2.45) is 0 Å². The third-order valence-corrected chi connectivity index (χ3v) is 4.48. The third kappa shape index (κ3) is 4.47. The first-order chi connectivity index (χ1) is 10.6. The molecular weight excluding hydrogens is 306 g/mol. The molecule has 2 aliphatic rings. The summed E-state index contributed by atoms with van der Waals surface area (Å²) in [5.74, 6) is -0.560. The summed E-state index contributed by atoms with van der Waals surface area (Å²) in [5, 5.41) is 10.1. The van der Waals surface area contributed by atoms with Crippen LogP contribution in [0.5, 0.6) is 0 Å². The molecule has 0 aromatic heterocycles. The summed E-state index contributed by atoms with van der Waals surface area (Å²) in [6, 6.07) is 0. The Kier molecular flexibility index (Phi) is 6.72. The third-order valence-electron chi connectivity index (χ3n) is 3.87. The van der Waals surface area contributed by atoms with Gasteiger partial charge in [0.2, 0.25) is 0 Å². The number of rotatable bonds is 8. The van der Waals surface area contributed by atoms with Crippen LogP contribution in [0.15, 0.2) is 11.3 Å². The van der Waals surface area contributed by atoms with Crippen LogP contribution in [0.1, 0.15) is 19.3 Å². The molecule has 22 heavy (non-hydrogen) atoms. The highest BCUT2D eigenvalue weighted by molar-refractivity contribution is 7.98. The predicted molar refractivity (Wildman–Crippen MR) is 84.0 cm³/mol. The van der Waals surface area contributed by atoms with E-state index in [1.54, 1.807) is 0 Å². The van der Waals surface area contributed by atoms with Crippen molar-refractivity contribution in [1.82, 2.24) is 4.90 Å². The number of carbonyl (C=O) groups excluding carboxylic acids is 2. The van der Waals surface area contributed by atoms with Crippen molar-refractivity contribution in [3.05, 3.63) is 11.3 Å². The minimum Gasteiger partial charge on any atom is -0.507 e. The van der Waals surface area contributed by atoms with Gasteiger partial charge in [-0.1, -0.05) is 0 Å². The minimum atomic E-state index is -0.681. The fourth-order valence-electron chi connectivity index (χ4n) is 2.61. The summed E-state index contributed by atoms with van der Waals surface area (Å²) in [4.78, 5) is 26.0. The molecule has 0 spiro atoms. The fraction of sp³-hybridized carbons (Fsp3) is 0.733. The predicted octanol–water partition coefficient (Wildman–Crippen LogP) is 1.16. The standard InChI is InChI=1S/C15H23NO5S/c1-22-10-4-11(17)13-14(18)12(21-15(13)19)3-2-5-16-6-8-20-9-7-16/h12,18H,2-10H2,1H3. The number of esters is 1. The van der Waals surface area contributed by atoms with E-state index in [0.717, 1.165) is 39.3 Å².